The topological polar surface area (TPSA) is 59.6 Å². The summed E-state index contributed by atoms with van der Waals surface area (Å²) in [7, 11) is 0. The molecule has 110 valence electrons. The van der Waals surface area contributed by atoms with Crippen LogP contribution in [0.3, 0.4) is 0 Å². The van der Waals surface area contributed by atoms with Gasteiger partial charge in [-0.25, -0.2) is 4.79 Å². The summed E-state index contributed by atoms with van der Waals surface area (Å²) in [4.78, 5) is 11.7. The number of rotatable bonds is 3. The van der Waals surface area contributed by atoms with Gasteiger partial charge in [-0.3, -0.25) is 5.32 Å². The number of carbonyl (C=O) groups is 1. The molecule has 0 spiro atoms. The number of hydrogen-bond acceptors (Lipinski definition) is 4. The van der Waals surface area contributed by atoms with Crippen molar-refractivity contribution in [2.24, 2.45) is 0 Å². The summed E-state index contributed by atoms with van der Waals surface area (Å²) in [6.07, 6.45) is -0.467. The SMILES string of the molecule is CC(C)(C)OC(=O)Nc1cccc(OC2(C)CNC2)c1. The number of anilines is 1. The van der Waals surface area contributed by atoms with E-state index in [2.05, 4.69) is 17.6 Å². The van der Waals surface area contributed by atoms with Crippen LogP contribution in [-0.4, -0.2) is 30.4 Å². The lowest BCUT2D eigenvalue weighted by molar-refractivity contribution is 0.0349. The van der Waals surface area contributed by atoms with E-state index in [-0.39, 0.29) is 5.60 Å². The molecule has 0 bridgehead atoms. The summed E-state index contributed by atoms with van der Waals surface area (Å²) in [5, 5.41) is 5.88. The molecule has 1 aliphatic rings. The van der Waals surface area contributed by atoms with Gasteiger partial charge in [-0.05, 0) is 39.8 Å². The van der Waals surface area contributed by atoms with Gasteiger partial charge < -0.3 is 14.8 Å². The third-order valence-electron chi connectivity index (χ3n) is 2.84. The average Bonchev–Trinajstić information content (AvgIpc) is 2.24. The Morgan fingerprint density at radius 3 is 2.60 bits per heavy atom. The fourth-order valence-electron chi connectivity index (χ4n) is 1.89. The Morgan fingerprint density at radius 1 is 1.35 bits per heavy atom. The Hall–Kier alpha value is -1.75. The van der Waals surface area contributed by atoms with Crippen molar-refractivity contribution in [2.45, 2.75) is 38.9 Å². The van der Waals surface area contributed by atoms with E-state index in [1.807, 2.05) is 32.9 Å². The lowest BCUT2D eigenvalue weighted by atomic mass is 10.00. The Morgan fingerprint density at radius 2 is 2.05 bits per heavy atom. The van der Waals surface area contributed by atoms with Crippen molar-refractivity contribution in [1.82, 2.24) is 5.32 Å². The van der Waals surface area contributed by atoms with Crippen molar-refractivity contribution in [2.75, 3.05) is 18.4 Å². The van der Waals surface area contributed by atoms with E-state index in [9.17, 15) is 4.79 Å². The maximum absolute atomic E-state index is 11.7. The first-order valence-corrected chi connectivity index (χ1v) is 6.76. The molecule has 1 amide bonds. The molecule has 0 aromatic heterocycles. The van der Waals surface area contributed by atoms with Crippen LogP contribution in [0.25, 0.3) is 0 Å². The van der Waals surface area contributed by atoms with Crippen LogP contribution < -0.4 is 15.4 Å². The van der Waals surface area contributed by atoms with Gasteiger partial charge in [0.15, 0.2) is 0 Å². The van der Waals surface area contributed by atoms with Gasteiger partial charge in [0, 0.05) is 24.8 Å². The van der Waals surface area contributed by atoms with Crippen molar-refractivity contribution in [3.05, 3.63) is 24.3 Å². The summed E-state index contributed by atoms with van der Waals surface area (Å²) in [5.74, 6) is 0.738. The number of hydrogen-bond donors (Lipinski definition) is 2. The van der Waals surface area contributed by atoms with Crippen molar-refractivity contribution in [3.8, 4) is 5.75 Å². The van der Waals surface area contributed by atoms with E-state index < -0.39 is 11.7 Å². The second-order valence-corrected chi connectivity index (χ2v) is 6.31. The molecule has 1 aromatic carbocycles. The summed E-state index contributed by atoms with van der Waals surface area (Å²) in [5.41, 5.74) is -0.0130. The fraction of sp³-hybridized carbons (Fsp3) is 0.533. The normalized spacial score (nSPS) is 17.0. The van der Waals surface area contributed by atoms with Gasteiger partial charge >= 0.3 is 6.09 Å². The monoisotopic (exact) mass is 278 g/mol. The molecule has 2 rings (SSSR count). The highest BCUT2D eigenvalue weighted by atomic mass is 16.6. The smallest absolute Gasteiger partial charge is 0.412 e. The molecule has 1 heterocycles. The lowest BCUT2D eigenvalue weighted by Crippen LogP contribution is -2.61. The molecule has 0 saturated carbocycles. The van der Waals surface area contributed by atoms with E-state index in [4.69, 9.17) is 9.47 Å². The van der Waals surface area contributed by atoms with Crippen LogP contribution in [0, 0.1) is 0 Å². The van der Waals surface area contributed by atoms with Crippen LogP contribution in [0.4, 0.5) is 10.5 Å². The van der Waals surface area contributed by atoms with E-state index in [1.54, 1.807) is 12.1 Å². The molecule has 20 heavy (non-hydrogen) atoms. The van der Waals surface area contributed by atoms with Crippen LogP contribution in [-0.2, 0) is 4.74 Å². The van der Waals surface area contributed by atoms with E-state index in [0.717, 1.165) is 18.8 Å². The molecule has 5 nitrogen and oxygen atoms in total. The zero-order valence-corrected chi connectivity index (χ0v) is 12.4. The molecule has 1 aromatic rings. The number of benzene rings is 1. The van der Waals surface area contributed by atoms with Gasteiger partial charge in [-0.1, -0.05) is 6.07 Å². The highest BCUT2D eigenvalue weighted by Crippen LogP contribution is 2.24. The minimum atomic E-state index is -0.511. The summed E-state index contributed by atoms with van der Waals surface area (Å²) < 4.78 is 11.1. The van der Waals surface area contributed by atoms with Gasteiger partial charge in [0.25, 0.3) is 0 Å². The molecule has 0 radical (unpaired) electrons. The average molecular weight is 278 g/mol. The number of carbonyl (C=O) groups excluding carboxylic acids is 1. The number of ether oxygens (including phenoxy) is 2. The predicted molar refractivity (Wildman–Crippen MR) is 78.2 cm³/mol. The Labute approximate surface area is 119 Å². The van der Waals surface area contributed by atoms with Crippen LogP contribution >= 0.6 is 0 Å². The fourth-order valence-corrected chi connectivity index (χ4v) is 1.89. The minimum absolute atomic E-state index is 0.162. The minimum Gasteiger partial charge on any atom is -0.485 e. The molecule has 1 fully saturated rings. The zero-order chi connectivity index (χ0) is 14.8. The van der Waals surface area contributed by atoms with Crippen molar-refractivity contribution in [1.29, 1.82) is 0 Å². The summed E-state index contributed by atoms with van der Waals surface area (Å²) in [6.45, 7) is 9.20. The second kappa shape index (κ2) is 5.32. The molecule has 1 aliphatic heterocycles. The van der Waals surface area contributed by atoms with Crippen molar-refractivity contribution < 1.29 is 14.3 Å². The molecule has 5 heteroatoms. The first-order chi connectivity index (χ1) is 9.26. The maximum atomic E-state index is 11.7. The summed E-state index contributed by atoms with van der Waals surface area (Å²) in [6, 6.07) is 7.33. The largest absolute Gasteiger partial charge is 0.485 e. The quantitative estimate of drug-likeness (QED) is 0.892. The van der Waals surface area contributed by atoms with Crippen molar-refractivity contribution in [3.63, 3.8) is 0 Å². The standard InChI is InChI=1S/C15H22N2O3/c1-14(2,3)20-13(18)17-11-6-5-7-12(8-11)19-15(4)9-16-10-15/h5-8,16H,9-10H2,1-4H3,(H,17,18). The van der Waals surface area contributed by atoms with Crippen molar-refractivity contribution >= 4 is 11.8 Å². The van der Waals surface area contributed by atoms with Gasteiger partial charge in [0.05, 0.1) is 0 Å². The highest BCUT2D eigenvalue weighted by molar-refractivity contribution is 5.85. The molecule has 2 N–H and O–H groups in total. The Kier molecular flexibility index (Phi) is 3.90. The van der Waals surface area contributed by atoms with Crippen LogP contribution in [0.2, 0.25) is 0 Å². The first kappa shape index (κ1) is 14.7. The van der Waals surface area contributed by atoms with E-state index in [1.165, 1.54) is 0 Å². The molecular weight excluding hydrogens is 256 g/mol. The van der Waals surface area contributed by atoms with E-state index in [0.29, 0.717) is 5.69 Å². The second-order valence-electron chi connectivity index (χ2n) is 6.31. The van der Waals surface area contributed by atoms with Crippen LogP contribution in [0.5, 0.6) is 5.75 Å². The Balaban J connectivity index is 1.97. The predicted octanol–water partition coefficient (Wildman–Crippen LogP) is 2.77. The zero-order valence-electron chi connectivity index (χ0n) is 12.4. The maximum Gasteiger partial charge on any atom is 0.412 e. The summed E-state index contributed by atoms with van der Waals surface area (Å²) >= 11 is 0. The third kappa shape index (κ3) is 4.13. The number of nitrogens with one attached hydrogen (secondary N) is 2. The van der Waals surface area contributed by atoms with Crippen LogP contribution in [0.15, 0.2) is 24.3 Å². The molecular formula is C15H22N2O3. The van der Waals surface area contributed by atoms with Crippen LogP contribution in [0.1, 0.15) is 27.7 Å². The molecule has 1 saturated heterocycles. The highest BCUT2D eigenvalue weighted by Gasteiger charge is 2.33. The number of amides is 1. The Bertz CT molecular complexity index is 490. The third-order valence-corrected chi connectivity index (χ3v) is 2.84. The molecule has 0 atom stereocenters. The molecule has 0 unspecified atom stereocenters. The first-order valence-electron chi connectivity index (χ1n) is 6.76. The lowest BCUT2D eigenvalue weighted by Gasteiger charge is -2.39. The van der Waals surface area contributed by atoms with Gasteiger partial charge in [0.2, 0.25) is 0 Å². The van der Waals surface area contributed by atoms with Gasteiger partial charge in [-0.2, -0.15) is 0 Å². The van der Waals surface area contributed by atoms with Gasteiger partial charge in [0.1, 0.15) is 17.0 Å². The van der Waals surface area contributed by atoms with E-state index >= 15 is 0 Å². The molecule has 0 aliphatic carbocycles. The van der Waals surface area contributed by atoms with Gasteiger partial charge in [-0.15, -0.1) is 0 Å².